The average molecular weight is 361 g/mol. The van der Waals surface area contributed by atoms with Crippen LogP contribution in [0.3, 0.4) is 0 Å². The fourth-order valence-corrected chi connectivity index (χ4v) is 2.73. The number of carbonyl (C=O) groups is 2. The number of imide groups is 1. The average Bonchev–Trinajstić information content (AvgIpc) is 3.01. The number of cyclic esters (lactones) is 1. The molecule has 0 spiro atoms. The molecule has 0 aromatic heterocycles. The van der Waals surface area contributed by atoms with E-state index < -0.39 is 29.8 Å². The molecule has 1 atom stereocenters. The number of rotatable bonds is 3. The highest BCUT2D eigenvalue weighted by molar-refractivity contribution is 6.02. The van der Waals surface area contributed by atoms with Gasteiger partial charge in [-0.3, -0.25) is 4.79 Å². The maximum absolute atomic E-state index is 13.0. The molecule has 4 nitrogen and oxygen atoms in total. The zero-order chi connectivity index (χ0) is 18.7. The quantitative estimate of drug-likeness (QED) is 0.760. The lowest BCUT2D eigenvalue weighted by molar-refractivity contribution is -0.137. The summed E-state index contributed by atoms with van der Waals surface area (Å²) in [7, 11) is 0. The minimum atomic E-state index is -4.54. The Hall–Kier alpha value is -3.09. The summed E-state index contributed by atoms with van der Waals surface area (Å²) in [5.74, 6) is -0.738. The van der Waals surface area contributed by atoms with Gasteiger partial charge >= 0.3 is 12.3 Å². The van der Waals surface area contributed by atoms with Crippen molar-refractivity contribution in [1.82, 2.24) is 4.90 Å². The van der Waals surface area contributed by atoms with Gasteiger partial charge in [-0.25, -0.2) is 9.69 Å². The van der Waals surface area contributed by atoms with E-state index in [0.717, 1.165) is 23.1 Å². The summed E-state index contributed by atoms with van der Waals surface area (Å²) in [6.07, 6.45) is -3.35. The van der Waals surface area contributed by atoms with Gasteiger partial charge in [0.05, 0.1) is 5.56 Å². The van der Waals surface area contributed by atoms with Crippen LogP contribution >= 0.6 is 0 Å². The molecule has 1 heterocycles. The Morgan fingerprint density at radius 3 is 2.42 bits per heavy atom. The first-order valence-electron chi connectivity index (χ1n) is 7.77. The predicted molar refractivity (Wildman–Crippen MR) is 87.9 cm³/mol. The van der Waals surface area contributed by atoms with E-state index in [0.29, 0.717) is 5.56 Å². The van der Waals surface area contributed by atoms with Crippen LogP contribution in [0.4, 0.5) is 18.0 Å². The molecule has 7 heteroatoms. The van der Waals surface area contributed by atoms with Gasteiger partial charge in [-0.15, -0.1) is 0 Å². The van der Waals surface area contributed by atoms with Gasteiger partial charge in [0.1, 0.15) is 12.6 Å². The van der Waals surface area contributed by atoms with Gasteiger partial charge in [0.2, 0.25) is 0 Å². The maximum Gasteiger partial charge on any atom is 0.417 e. The van der Waals surface area contributed by atoms with Crippen molar-refractivity contribution < 1.29 is 27.5 Å². The third-order valence-corrected chi connectivity index (χ3v) is 3.97. The second-order valence-electron chi connectivity index (χ2n) is 5.63. The zero-order valence-electron chi connectivity index (χ0n) is 13.4. The first-order valence-corrected chi connectivity index (χ1v) is 7.77. The molecule has 26 heavy (non-hydrogen) atoms. The highest BCUT2D eigenvalue weighted by Crippen LogP contribution is 2.33. The summed E-state index contributed by atoms with van der Waals surface area (Å²) in [4.78, 5) is 25.2. The first-order chi connectivity index (χ1) is 12.4. The molecule has 0 unspecified atom stereocenters. The number of halogens is 3. The lowest BCUT2D eigenvalue weighted by Crippen LogP contribution is -2.32. The summed E-state index contributed by atoms with van der Waals surface area (Å²) in [6.45, 7) is 0.00155. The Kier molecular flexibility index (Phi) is 4.79. The molecule has 0 radical (unpaired) electrons. The topological polar surface area (TPSA) is 46.6 Å². The molecule has 1 saturated heterocycles. The van der Waals surface area contributed by atoms with Gasteiger partial charge in [0.25, 0.3) is 5.91 Å². The highest BCUT2D eigenvalue weighted by Gasteiger charge is 2.38. The van der Waals surface area contributed by atoms with Crippen LogP contribution in [0, 0.1) is 0 Å². The molecule has 1 fully saturated rings. The molecule has 0 saturated carbocycles. The number of hydrogen-bond donors (Lipinski definition) is 0. The van der Waals surface area contributed by atoms with Crippen molar-refractivity contribution in [3.05, 3.63) is 77.4 Å². The van der Waals surface area contributed by atoms with Crippen LogP contribution in [0.25, 0.3) is 6.08 Å². The van der Waals surface area contributed by atoms with E-state index in [2.05, 4.69) is 0 Å². The van der Waals surface area contributed by atoms with Gasteiger partial charge < -0.3 is 4.74 Å². The van der Waals surface area contributed by atoms with Gasteiger partial charge in [-0.1, -0.05) is 48.5 Å². The molecule has 0 bridgehead atoms. The second-order valence-corrected chi connectivity index (χ2v) is 5.63. The van der Waals surface area contributed by atoms with Gasteiger partial charge in [0, 0.05) is 6.08 Å². The fourth-order valence-electron chi connectivity index (χ4n) is 2.73. The number of carbonyl (C=O) groups excluding carboxylic acids is 2. The van der Waals surface area contributed by atoms with Crippen LogP contribution in [0.2, 0.25) is 0 Å². The van der Waals surface area contributed by atoms with E-state index in [1.54, 1.807) is 30.3 Å². The number of alkyl halides is 3. The minimum Gasteiger partial charge on any atom is -0.446 e. The summed E-state index contributed by atoms with van der Waals surface area (Å²) in [5, 5.41) is 0. The molecule has 1 aliphatic heterocycles. The normalized spacial score (nSPS) is 17.6. The maximum atomic E-state index is 13.0. The number of hydrogen-bond acceptors (Lipinski definition) is 3. The van der Waals surface area contributed by atoms with E-state index in [1.807, 2.05) is 0 Å². The van der Waals surface area contributed by atoms with Crippen LogP contribution in [0.1, 0.15) is 22.7 Å². The van der Waals surface area contributed by atoms with Crippen molar-refractivity contribution in [1.29, 1.82) is 0 Å². The van der Waals surface area contributed by atoms with Crippen LogP contribution in [-0.2, 0) is 15.7 Å². The van der Waals surface area contributed by atoms with Crippen molar-refractivity contribution in [3.63, 3.8) is 0 Å². The van der Waals surface area contributed by atoms with Crippen LogP contribution < -0.4 is 0 Å². The van der Waals surface area contributed by atoms with Crippen molar-refractivity contribution >= 4 is 18.1 Å². The molecule has 1 aliphatic rings. The van der Waals surface area contributed by atoms with E-state index in [4.69, 9.17) is 4.74 Å². The third kappa shape index (κ3) is 3.61. The van der Waals surface area contributed by atoms with Gasteiger partial charge in [-0.05, 0) is 23.3 Å². The molecular formula is C19H14F3NO3. The Labute approximate surface area is 147 Å². The summed E-state index contributed by atoms with van der Waals surface area (Å²) in [6, 6.07) is 13.1. The van der Waals surface area contributed by atoms with E-state index in [1.165, 1.54) is 18.2 Å². The van der Waals surface area contributed by atoms with Crippen molar-refractivity contribution in [2.24, 2.45) is 0 Å². The summed E-state index contributed by atoms with van der Waals surface area (Å²) in [5.41, 5.74) is -0.305. The zero-order valence-corrected chi connectivity index (χ0v) is 13.4. The standard InChI is InChI=1S/C19H14F3NO3/c20-19(21,22)15-9-5-4-6-13(15)10-11-17(24)23-16(12-26-18(23)25)14-7-2-1-3-8-14/h1-11,16H,12H2/b11-10+/t16-/m0/s1. The predicted octanol–water partition coefficient (Wildman–Crippen LogP) is 4.44. The Balaban J connectivity index is 1.85. The van der Waals surface area contributed by atoms with E-state index >= 15 is 0 Å². The molecule has 0 aliphatic carbocycles. The van der Waals surface area contributed by atoms with Crippen LogP contribution in [-0.4, -0.2) is 23.5 Å². The van der Waals surface area contributed by atoms with Crippen LogP contribution in [0.5, 0.6) is 0 Å². The molecule has 2 aromatic rings. The Morgan fingerprint density at radius 2 is 1.73 bits per heavy atom. The minimum absolute atomic E-state index is 0.00155. The summed E-state index contributed by atoms with van der Waals surface area (Å²) >= 11 is 0. The molecule has 134 valence electrons. The smallest absolute Gasteiger partial charge is 0.417 e. The van der Waals surface area contributed by atoms with Crippen molar-refractivity contribution in [2.75, 3.05) is 6.61 Å². The second kappa shape index (κ2) is 7.03. The van der Waals surface area contributed by atoms with Crippen molar-refractivity contribution in [2.45, 2.75) is 12.2 Å². The highest BCUT2D eigenvalue weighted by atomic mass is 19.4. The monoisotopic (exact) mass is 361 g/mol. The first kappa shape index (κ1) is 17.7. The number of benzene rings is 2. The molecular weight excluding hydrogens is 347 g/mol. The van der Waals surface area contributed by atoms with Gasteiger partial charge in [0.15, 0.2) is 0 Å². The van der Waals surface area contributed by atoms with Crippen molar-refractivity contribution in [3.8, 4) is 0 Å². The SMILES string of the molecule is O=C(/C=C/c1ccccc1C(F)(F)F)N1C(=O)OC[C@H]1c1ccccc1. The molecule has 2 amide bonds. The van der Waals surface area contributed by atoms with E-state index in [9.17, 15) is 22.8 Å². The fraction of sp³-hybridized carbons (Fsp3) is 0.158. The lowest BCUT2D eigenvalue weighted by atomic mass is 10.1. The number of amides is 2. The lowest BCUT2D eigenvalue weighted by Gasteiger charge is -2.18. The number of nitrogens with zero attached hydrogens (tertiary/aromatic N) is 1. The van der Waals surface area contributed by atoms with E-state index in [-0.39, 0.29) is 12.2 Å². The van der Waals surface area contributed by atoms with Gasteiger partial charge in [-0.2, -0.15) is 13.2 Å². The summed E-state index contributed by atoms with van der Waals surface area (Å²) < 4.78 is 44.0. The largest absolute Gasteiger partial charge is 0.446 e. The van der Waals surface area contributed by atoms with Crippen LogP contribution in [0.15, 0.2) is 60.7 Å². The Bertz CT molecular complexity index is 847. The number of ether oxygens (including phenoxy) is 1. The third-order valence-electron chi connectivity index (χ3n) is 3.97. The molecule has 2 aromatic carbocycles. The molecule has 3 rings (SSSR count). The molecule has 0 N–H and O–H groups in total. The Morgan fingerprint density at radius 1 is 1.08 bits per heavy atom.